The molecule has 1 aromatic heterocycles. The van der Waals surface area contributed by atoms with Crippen LogP contribution in [0.25, 0.3) is 0 Å². The molecule has 0 aliphatic rings. The summed E-state index contributed by atoms with van der Waals surface area (Å²) in [5.74, 6) is 0. The van der Waals surface area contributed by atoms with Gasteiger partial charge in [0.2, 0.25) is 0 Å². The average molecular weight is 229 g/mol. The summed E-state index contributed by atoms with van der Waals surface area (Å²) in [6.45, 7) is 6.08. The van der Waals surface area contributed by atoms with Gasteiger partial charge in [0.15, 0.2) is 0 Å². The van der Waals surface area contributed by atoms with Gasteiger partial charge in [-0.2, -0.15) is 0 Å². The van der Waals surface area contributed by atoms with Crippen LogP contribution in [-0.2, 0) is 4.74 Å². The number of ether oxygens (including phenoxy) is 1. The minimum atomic E-state index is -0.107. The van der Waals surface area contributed by atoms with Crippen molar-refractivity contribution in [2.75, 3.05) is 7.11 Å². The van der Waals surface area contributed by atoms with E-state index in [1.54, 1.807) is 7.11 Å². The van der Waals surface area contributed by atoms with E-state index in [4.69, 9.17) is 10.5 Å². The predicted molar refractivity (Wildman–Crippen MR) is 61.9 cm³/mol. The molecule has 0 aromatic carbocycles. The lowest BCUT2D eigenvalue weighted by Gasteiger charge is -2.24. The van der Waals surface area contributed by atoms with Crippen molar-refractivity contribution in [3.05, 3.63) is 10.6 Å². The smallest absolute Gasteiger partial charge is 0.0772 e. The van der Waals surface area contributed by atoms with Crippen molar-refractivity contribution in [1.82, 2.24) is 9.59 Å². The van der Waals surface area contributed by atoms with Crippen LogP contribution >= 0.6 is 11.5 Å². The first-order chi connectivity index (χ1) is 6.96. The van der Waals surface area contributed by atoms with Crippen LogP contribution in [0.15, 0.2) is 0 Å². The molecule has 0 fully saturated rings. The number of nitrogens with two attached hydrogens (primary N) is 1. The van der Waals surface area contributed by atoms with E-state index >= 15 is 0 Å². The molecule has 86 valence electrons. The van der Waals surface area contributed by atoms with Crippen LogP contribution in [0.1, 0.15) is 43.3 Å². The molecule has 1 rings (SSSR count). The Kier molecular flexibility index (Phi) is 4.19. The Morgan fingerprint density at radius 3 is 2.67 bits per heavy atom. The molecule has 5 heteroatoms. The summed E-state index contributed by atoms with van der Waals surface area (Å²) in [4.78, 5) is 1.09. The van der Waals surface area contributed by atoms with E-state index in [1.807, 2.05) is 6.92 Å². The van der Waals surface area contributed by atoms with Crippen molar-refractivity contribution in [2.24, 2.45) is 5.73 Å². The molecule has 15 heavy (non-hydrogen) atoms. The van der Waals surface area contributed by atoms with E-state index in [1.165, 1.54) is 11.5 Å². The van der Waals surface area contributed by atoms with E-state index in [-0.39, 0.29) is 11.6 Å². The zero-order valence-electron chi connectivity index (χ0n) is 9.78. The molecule has 2 N–H and O–H groups in total. The monoisotopic (exact) mass is 229 g/mol. The zero-order valence-corrected chi connectivity index (χ0v) is 10.6. The summed E-state index contributed by atoms with van der Waals surface area (Å²) in [6, 6.07) is 0.0272. The fourth-order valence-corrected chi connectivity index (χ4v) is 1.99. The van der Waals surface area contributed by atoms with Gasteiger partial charge in [0.1, 0.15) is 0 Å². The summed E-state index contributed by atoms with van der Waals surface area (Å²) in [6.07, 6.45) is 1.83. The van der Waals surface area contributed by atoms with Crippen LogP contribution in [-0.4, -0.2) is 22.3 Å². The molecule has 0 aliphatic carbocycles. The Morgan fingerprint density at radius 2 is 2.20 bits per heavy atom. The van der Waals surface area contributed by atoms with Gasteiger partial charge < -0.3 is 10.5 Å². The highest BCUT2D eigenvalue weighted by Gasteiger charge is 2.20. The van der Waals surface area contributed by atoms with Crippen molar-refractivity contribution in [1.29, 1.82) is 0 Å². The number of aromatic nitrogens is 2. The Hall–Kier alpha value is -0.520. The fourth-order valence-electron chi connectivity index (χ4n) is 1.31. The second-order valence-electron chi connectivity index (χ2n) is 4.33. The Morgan fingerprint density at radius 1 is 1.53 bits per heavy atom. The first kappa shape index (κ1) is 12.5. The number of hydrogen-bond acceptors (Lipinski definition) is 5. The first-order valence-electron chi connectivity index (χ1n) is 5.06. The summed E-state index contributed by atoms with van der Waals surface area (Å²) in [5.41, 5.74) is 6.92. The van der Waals surface area contributed by atoms with Crippen LogP contribution in [0, 0.1) is 6.92 Å². The Balaban J connectivity index is 2.50. The number of nitrogens with zero attached hydrogens (tertiary/aromatic N) is 2. The highest BCUT2D eigenvalue weighted by atomic mass is 32.1. The Labute approximate surface area is 95.0 Å². The third-order valence-corrected chi connectivity index (χ3v) is 3.59. The summed E-state index contributed by atoms with van der Waals surface area (Å²) < 4.78 is 9.24. The molecular formula is C10H19N3OS. The maximum Gasteiger partial charge on any atom is 0.0772 e. The van der Waals surface area contributed by atoms with Crippen molar-refractivity contribution in [3.63, 3.8) is 0 Å². The quantitative estimate of drug-likeness (QED) is 0.839. The predicted octanol–water partition coefficient (Wildman–Crippen LogP) is 2.05. The third-order valence-electron chi connectivity index (χ3n) is 2.63. The molecule has 4 nitrogen and oxygen atoms in total. The lowest BCUT2D eigenvalue weighted by Crippen LogP contribution is -2.24. The highest BCUT2D eigenvalue weighted by Crippen LogP contribution is 2.25. The van der Waals surface area contributed by atoms with Crippen molar-refractivity contribution < 1.29 is 4.74 Å². The number of aryl methyl sites for hydroxylation is 1. The number of methoxy groups -OCH3 is 1. The molecule has 0 amide bonds. The van der Waals surface area contributed by atoms with E-state index in [2.05, 4.69) is 23.4 Å². The van der Waals surface area contributed by atoms with Crippen molar-refractivity contribution >= 4 is 11.5 Å². The summed E-state index contributed by atoms with van der Waals surface area (Å²) in [7, 11) is 1.73. The van der Waals surface area contributed by atoms with Gasteiger partial charge in [0, 0.05) is 13.2 Å². The van der Waals surface area contributed by atoms with Gasteiger partial charge in [0.25, 0.3) is 0 Å². The molecule has 0 saturated heterocycles. The van der Waals surface area contributed by atoms with E-state index < -0.39 is 0 Å². The van der Waals surface area contributed by atoms with Crippen molar-refractivity contribution in [3.8, 4) is 0 Å². The molecule has 0 spiro atoms. The van der Waals surface area contributed by atoms with Gasteiger partial charge >= 0.3 is 0 Å². The molecule has 1 heterocycles. The molecular weight excluding hydrogens is 210 g/mol. The minimum absolute atomic E-state index is 0.0272. The summed E-state index contributed by atoms with van der Waals surface area (Å²) >= 11 is 1.39. The zero-order chi connectivity index (χ0) is 11.5. The molecule has 1 aromatic rings. The highest BCUT2D eigenvalue weighted by molar-refractivity contribution is 7.05. The maximum absolute atomic E-state index is 6.08. The number of rotatable bonds is 5. The van der Waals surface area contributed by atoms with Gasteiger partial charge in [-0.3, -0.25) is 0 Å². The second-order valence-corrected chi connectivity index (χ2v) is 5.12. The molecule has 0 saturated carbocycles. The Bertz CT molecular complexity index is 311. The standard InChI is InChI=1S/C10H19N3OS/c1-7-9(15-13-12-7)8(11)5-6-10(2,3)14-4/h8H,5-6,11H2,1-4H3. The van der Waals surface area contributed by atoms with Crippen LogP contribution < -0.4 is 5.73 Å². The molecule has 1 unspecified atom stereocenters. The lowest BCUT2D eigenvalue weighted by atomic mass is 9.98. The average Bonchev–Trinajstić information content (AvgIpc) is 2.61. The van der Waals surface area contributed by atoms with Gasteiger partial charge in [-0.1, -0.05) is 4.49 Å². The lowest BCUT2D eigenvalue weighted by molar-refractivity contribution is 0.0125. The van der Waals surface area contributed by atoms with E-state index in [0.717, 1.165) is 23.4 Å². The van der Waals surface area contributed by atoms with E-state index in [0.29, 0.717) is 0 Å². The second kappa shape index (κ2) is 5.01. The topological polar surface area (TPSA) is 61.0 Å². The SMILES string of the molecule is COC(C)(C)CCC(N)c1snnc1C. The van der Waals surface area contributed by atoms with Crippen LogP contribution in [0.2, 0.25) is 0 Å². The largest absolute Gasteiger partial charge is 0.379 e. The third kappa shape index (κ3) is 3.52. The molecule has 0 bridgehead atoms. The van der Waals surface area contributed by atoms with Gasteiger partial charge in [-0.15, -0.1) is 5.10 Å². The van der Waals surface area contributed by atoms with Gasteiger partial charge in [-0.25, -0.2) is 0 Å². The molecule has 1 atom stereocenters. The van der Waals surface area contributed by atoms with Crippen molar-refractivity contribution in [2.45, 2.75) is 45.3 Å². The number of hydrogen-bond donors (Lipinski definition) is 1. The normalized spacial score (nSPS) is 14.2. The van der Waals surface area contributed by atoms with Crippen LogP contribution in [0.3, 0.4) is 0 Å². The first-order valence-corrected chi connectivity index (χ1v) is 5.83. The van der Waals surface area contributed by atoms with E-state index in [9.17, 15) is 0 Å². The molecule has 0 radical (unpaired) electrons. The summed E-state index contributed by atoms with van der Waals surface area (Å²) in [5, 5.41) is 3.96. The fraction of sp³-hybridized carbons (Fsp3) is 0.800. The maximum atomic E-state index is 6.08. The van der Waals surface area contributed by atoms with Crippen LogP contribution in [0.5, 0.6) is 0 Å². The minimum Gasteiger partial charge on any atom is -0.379 e. The molecule has 0 aliphatic heterocycles. The van der Waals surface area contributed by atoms with Crippen LogP contribution in [0.4, 0.5) is 0 Å². The van der Waals surface area contributed by atoms with Gasteiger partial charge in [-0.05, 0) is 45.1 Å². The van der Waals surface area contributed by atoms with Gasteiger partial charge in [0.05, 0.1) is 16.2 Å².